The summed E-state index contributed by atoms with van der Waals surface area (Å²) in [6.07, 6.45) is 3.19. The molecule has 4 heteroatoms. The first kappa shape index (κ1) is 14.1. The molecule has 2 rings (SSSR count). The number of hydrogen-bond donors (Lipinski definition) is 1. The predicted octanol–water partition coefficient (Wildman–Crippen LogP) is 2.64. The molecule has 0 aliphatic carbocycles. The molecule has 104 valence electrons. The van der Waals surface area contributed by atoms with Crippen LogP contribution >= 0.6 is 0 Å². The summed E-state index contributed by atoms with van der Waals surface area (Å²) in [6.45, 7) is 4.45. The van der Waals surface area contributed by atoms with Crippen LogP contribution in [0.5, 0.6) is 5.75 Å². The maximum atomic E-state index is 12.0. The van der Waals surface area contributed by atoms with Gasteiger partial charge in [-0.3, -0.25) is 9.78 Å². The Morgan fingerprint density at radius 2 is 2.15 bits per heavy atom. The normalized spacial score (nSPS) is 10.2. The van der Waals surface area contributed by atoms with Crippen LogP contribution in [0.3, 0.4) is 0 Å². The number of amides is 1. The summed E-state index contributed by atoms with van der Waals surface area (Å²) in [7, 11) is 1.64. The number of rotatable bonds is 4. The number of carbonyl (C=O) groups excluding carboxylic acids is 1. The highest BCUT2D eigenvalue weighted by molar-refractivity contribution is 5.93. The van der Waals surface area contributed by atoms with E-state index in [1.807, 2.05) is 19.9 Å². The second kappa shape index (κ2) is 6.19. The molecule has 0 aliphatic rings. The van der Waals surface area contributed by atoms with Gasteiger partial charge < -0.3 is 10.1 Å². The lowest BCUT2D eigenvalue weighted by Gasteiger charge is -2.13. The smallest absolute Gasteiger partial charge is 0.253 e. The zero-order valence-corrected chi connectivity index (χ0v) is 11.9. The van der Waals surface area contributed by atoms with Crippen molar-refractivity contribution in [3.8, 4) is 5.75 Å². The molecule has 0 spiro atoms. The average Bonchev–Trinajstić information content (AvgIpc) is 2.45. The Morgan fingerprint density at radius 3 is 2.80 bits per heavy atom. The van der Waals surface area contributed by atoms with Gasteiger partial charge in [-0.15, -0.1) is 0 Å². The van der Waals surface area contributed by atoms with Gasteiger partial charge in [0.2, 0.25) is 0 Å². The molecular weight excluding hydrogens is 252 g/mol. The largest absolute Gasteiger partial charge is 0.496 e. The van der Waals surface area contributed by atoms with Gasteiger partial charge in [-0.25, -0.2) is 0 Å². The van der Waals surface area contributed by atoms with E-state index in [4.69, 9.17) is 4.74 Å². The SMILES string of the molecule is COc1c(C)cc(C)cc1CNC(=O)c1cccnc1. The lowest BCUT2D eigenvalue weighted by molar-refractivity contribution is 0.0950. The standard InChI is InChI=1S/C16H18N2O2/c1-11-7-12(2)15(20-3)14(8-11)10-18-16(19)13-5-4-6-17-9-13/h4-9H,10H2,1-3H3,(H,18,19). The predicted molar refractivity (Wildman–Crippen MR) is 77.9 cm³/mol. The van der Waals surface area contributed by atoms with E-state index in [2.05, 4.69) is 16.4 Å². The molecule has 0 radical (unpaired) electrons. The number of nitrogens with one attached hydrogen (secondary N) is 1. The molecule has 1 aromatic heterocycles. The number of benzene rings is 1. The van der Waals surface area contributed by atoms with Crippen LogP contribution in [0, 0.1) is 13.8 Å². The molecule has 0 bridgehead atoms. The third kappa shape index (κ3) is 3.15. The van der Waals surface area contributed by atoms with Crippen molar-refractivity contribution in [3.05, 3.63) is 58.9 Å². The van der Waals surface area contributed by atoms with Gasteiger partial charge in [0.05, 0.1) is 12.7 Å². The van der Waals surface area contributed by atoms with Gasteiger partial charge in [0, 0.05) is 24.5 Å². The van der Waals surface area contributed by atoms with Crippen molar-refractivity contribution in [3.63, 3.8) is 0 Å². The van der Waals surface area contributed by atoms with Crippen LogP contribution in [-0.2, 0) is 6.54 Å². The topological polar surface area (TPSA) is 51.2 Å². The summed E-state index contributed by atoms with van der Waals surface area (Å²) in [5.74, 6) is 0.682. The van der Waals surface area contributed by atoms with E-state index < -0.39 is 0 Å². The average molecular weight is 270 g/mol. The molecule has 1 N–H and O–H groups in total. The molecule has 0 saturated carbocycles. The Labute approximate surface area is 118 Å². The number of ether oxygens (including phenoxy) is 1. The Balaban J connectivity index is 2.13. The molecule has 1 amide bonds. The fourth-order valence-electron chi connectivity index (χ4n) is 2.24. The van der Waals surface area contributed by atoms with Crippen LogP contribution < -0.4 is 10.1 Å². The third-order valence-electron chi connectivity index (χ3n) is 3.06. The first-order chi connectivity index (χ1) is 9.61. The Bertz CT molecular complexity index is 609. The van der Waals surface area contributed by atoms with E-state index in [1.165, 1.54) is 0 Å². The van der Waals surface area contributed by atoms with Gasteiger partial charge in [-0.1, -0.05) is 17.7 Å². The van der Waals surface area contributed by atoms with Crippen molar-refractivity contribution in [2.75, 3.05) is 7.11 Å². The molecular formula is C16H18N2O2. The zero-order valence-electron chi connectivity index (χ0n) is 11.9. The summed E-state index contributed by atoms with van der Waals surface area (Å²) in [6, 6.07) is 7.56. The van der Waals surface area contributed by atoms with Crippen molar-refractivity contribution >= 4 is 5.91 Å². The molecule has 1 aromatic carbocycles. The monoisotopic (exact) mass is 270 g/mol. The minimum Gasteiger partial charge on any atom is -0.496 e. The number of carbonyl (C=O) groups is 1. The maximum absolute atomic E-state index is 12.0. The summed E-state index contributed by atoms with van der Waals surface area (Å²) < 4.78 is 5.41. The number of aromatic nitrogens is 1. The van der Waals surface area contributed by atoms with Crippen molar-refractivity contribution in [1.29, 1.82) is 0 Å². The van der Waals surface area contributed by atoms with Crippen LogP contribution in [0.4, 0.5) is 0 Å². The quantitative estimate of drug-likeness (QED) is 0.929. The van der Waals surface area contributed by atoms with Crippen LogP contribution in [0.1, 0.15) is 27.0 Å². The van der Waals surface area contributed by atoms with E-state index in [0.29, 0.717) is 12.1 Å². The van der Waals surface area contributed by atoms with E-state index in [9.17, 15) is 4.79 Å². The highest BCUT2D eigenvalue weighted by atomic mass is 16.5. The first-order valence-electron chi connectivity index (χ1n) is 6.44. The Morgan fingerprint density at radius 1 is 1.35 bits per heavy atom. The third-order valence-corrected chi connectivity index (χ3v) is 3.06. The Kier molecular flexibility index (Phi) is 4.35. The van der Waals surface area contributed by atoms with Crippen molar-refractivity contribution < 1.29 is 9.53 Å². The van der Waals surface area contributed by atoms with Crippen LogP contribution in [0.25, 0.3) is 0 Å². The number of aryl methyl sites for hydroxylation is 2. The lowest BCUT2D eigenvalue weighted by atomic mass is 10.1. The Hall–Kier alpha value is -2.36. The fraction of sp³-hybridized carbons (Fsp3) is 0.250. The van der Waals surface area contributed by atoms with Crippen molar-refractivity contribution in [1.82, 2.24) is 10.3 Å². The summed E-state index contributed by atoms with van der Waals surface area (Å²) >= 11 is 0. The minimum atomic E-state index is -0.140. The number of pyridine rings is 1. The molecule has 1 heterocycles. The second-order valence-corrected chi connectivity index (χ2v) is 4.70. The van der Waals surface area contributed by atoms with Gasteiger partial charge in [0.1, 0.15) is 5.75 Å². The minimum absolute atomic E-state index is 0.140. The zero-order chi connectivity index (χ0) is 14.5. The fourth-order valence-corrected chi connectivity index (χ4v) is 2.24. The van der Waals surface area contributed by atoms with E-state index in [0.717, 1.165) is 22.4 Å². The van der Waals surface area contributed by atoms with Gasteiger partial charge in [-0.05, 0) is 31.5 Å². The van der Waals surface area contributed by atoms with E-state index in [1.54, 1.807) is 31.6 Å². The molecule has 20 heavy (non-hydrogen) atoms. The van der Waals surface area contributed by atoms with Crippen molar-refractivity contribution in [2.45, 2.75) is 20.4 Å². The maximum Gasteiger partial charge on any atom is 0.253 e. The second-order valence-electron chi connectivity index (χ2n) is 4.70. The van der Waals surface area contributed by atoms with Gasteiger partial charge >= 0.3 is 0 Å². The molecule has 0 aliphatic heterocycles. The van der Waals surface area contributed by atoms with Crippen LogP contribution in [-0.4, -0.2) is 18.0 Å². The molecule has 0 unspecified atom stereocenters. The number of hydrogen-bond acceptors (Lipinski definition) is 3. The van der Waals surface area contributed by atoms with Gasteiger partial charge in [0.25, 0.3) is 5.91 Å². The molecule has 4 nitrogen and oxygen atoms in total. The summed E-state index contributed by atoms with van der Waals surface area (Å²) in [5, 5.41) is 2.89. The van der Waals surface area contributed by atoms with E-state index in [-0.39, 0.29) is 5.91 Å². The molecule has 2 aromatic rings. The lowest BCUT2D eigenvalue weighted by Crippen LogP contribution is -2.23. The summed E-state index contributed by atoms with van der Waals surface area (Å²) in [4.78, 5) is 15.9. The molecule has 0 saturated heterocycles. The van der Waals surface area contributed by atoms with Gasteiger partial charge in [0.15, 0.2) is 0 Å². The molecule has 0 fully saturated rings. The highest BCUT2D eigenvalue weighted by Gasteiger charge is 2.10. The van der Waals surface area contributed by atoms with E-state index >= 15 is 0 Å². The highest BCUT2D eigenvalue weighted by Crippen LogP contribution is 2.24. The summed E-state index contributed by atoms with van der Waals surface area (Å²) in [5.41, 5.74) is 3.74. The number of methoxy groups -OCH3 is 1. The van der Waals surface area contributed by atoms with Crippen LogP contribution in [0.15, 0.2) is 36.7 Å². The number of nitrogens with zero attached hydrogens (tertiary/aromatic N) is 1. The van der Waals surface area contributed by atoms with Crippen LogP contribution in [0.2, 0.25) is 0 Å². The van der Waals surface area contributed by atoms with Gasteiger partial charge in [-0.2, -0.15) is 0 Å². The van der Waals surface area contributed by atoms with Crippen molar-refractivity contribution in [2.24, 2.45) is 0 Å². The molecule has 0 atom stereocenters. The first-order valence-corrected chi connectivity index (χ1v) is 6.44.